The smallest absolute Gasteiger partial charge is 0.331 e. The van der Waals surface area contributed by atoms with Crippen LogP contribution >= 0.6 is 0 Å². The fraction of sp³-hybridized carbons (Fsp3) is 0.583. The minimum atomic E-state index is -1.14. The van der Waals surface area contributed by atoms with E-state index in [1.54, 1.807) is 13.2 Å². The molecule has 1 fully saturated rings. The Morgan fingerprint density at radius 1 is 1.65 bits per heavy atom. The third-order valence-electron chi connectivity index (χ3n) is 3.16. The van der Waals surface area contributed by atoms with Crippen molar-refractivity contribution < 1.29 is 19.4 Å². The van der Waals surface area contributed by atoms with E-state index in [1.165, 1.54) is 10.9 Å². The number of carboxylic acid groups (broad SMARTS) is 1. The van der Waals surface area contributed by atoms with Gasteiger partial charge in [0, 0.05) is 31.9 Å². The summed E-state index contributed by atoms with van der Waals surface area (Å²) in [6.45, 7) is 3.10. The number of rotatable bonds is 6. The van der Waals surface area contributed by atoms with E-state index in [9.17, 15) is 9.59 Å². The monoisotopic (exact) mass is 282 g/mol. The molecule has 20 heavy (non-hydrogen) atoms. The van der Waals surface area contributed by atoms with Gasteiger partial charge in [0.05, 0.1) is 11.8 Å². The Kier molecular flexibility index (Phi) is 4.05. The predicted octanol–water partition coefficient (Wildman–Crippen LogP) is -0.959. The molecule has 0 aromatic carbocycles. The Morgan fingerprint density at radius 2 is 2.35 bits per heavy atom. The van der Waals surface area contributed by atoms with E-state index < -0.39 is 17.9 Å². The molecular weight excluding hydrogens is 264 g/mol. The number of aliphatic carboxylic acids is 1. The van der Waals surface area contributed by atoms with E-state index in [-0.39, 0.29) is 12.2 Å². The van der Waals surface area contributed by atoms with Gasteiger partial charge in [-0.2, -0.15) is 5.10 Å². The molecule has 2 rings (SSSR count). The number of ether oxygens (including phenoxy) is 1. The van der Waals surface area contributed by atoms with Crippen LogP contribution in [0.15, 0.2) is 12.4 Å². The predicted molar refractivity (Wildman–Crippen MR) is 69.0 cm³/mol. The fourth-order valence-electron chi connectivity index (χ4n) is 1.90. The van der Waals surface area contributed by atoms with Gasteiger partial charge in [-0.25, -0.2) is 4.79 Å². The van der Waals surface area contributed by atoms with Gasteiger partial charge < -0.3 is 20.5 Å². The second kappa shape index (κ2) is 5.59. The van der Waals surface area contributed by atoms with Gasteiger partial charge in [0.1, 0.15) is 6.61 Å². The molecule has 1 atom stereocenters. The van der Waals surface area contributed by atoms with Crippen molar-refractivity contribution in [3.05, 3.63) is 18.0 Å². The van der Waals surface area contributed by atoms with Gasteiger partial charge in [0.15, 0.2) is 6.04 Å². The highest BCUT2D eigenvalue weighted by Gasteiger charge is 2.33. The summed E-state index contributed by atoms with van der Waals surface area (Å²) in [5.74, 6) is -1.60. The van der Waals surface area contributed by atoms with Crippen molar-refractivity contribution in [3.8, 4) is 0 Å². The van der Waals surface area contributed by atoms with Gasteiger partial charge >= 0.3 is 5.97 Å². The molecule has 3 N–H and O–H groups in total. The van der Waals surface area contributed by atoms with Gasteiger partial charge in [-0.05, 0) is 6.92 Å². The summed E-state index contributed by atoms with van der Waals surface area (Å²) >= 11 is 0. The van der Waals surface area contributed by atoms with Crippen LogP contribution in [0.25, 0.3) is 0 Å². The molecule has 1 amide bonds. The Balaban J connectivity index is 1.91. The van der Waals surface area contributed by atoms with E-state index in [1.807, 2.05) is 6.92 Å². The Morgan fingerprint density at radius 3 is 2.80 bits per heavy atom. The number of hydrogen-bond acceptors (Lipinski definition) is 5. The summed E-state index contributed by atoms with van der Waals surface area (Å²) in [7, 11) is 1.68. The number of carbonyl (C=O) groups excluding carboxylic acids is 1. The normalized spacial score (nSPS) is 18.1. The van der Waals surface area contributed by atoms with Crippen LogP contribution in [0.5, 0.6) is 0 Å². The highest BCUT2D eigenvalue weighted by molar-refractivity contribution is 5.85. The molecule has 1 aliphatic heterocycles. The highest BCUT2D eigenvalue weighted by atomic mass is 16.5. The van der Waals surface area contributed by atoms with E-state index in [0.717, 1.165) is 0 Å². The van der Waals surface area contributed by atoms with Gasteiger partial charge in [-0.3, -0.25) is 9.48 Å². The number of carbonyl (C=O) groups is 2. The maximum Gasteiger partial charge on any atom is 0.331 e. The second-order valence-corrected chi connectivity index (χ2v) is 5.13. The highest BCUT2D eigenvalue weighted by Crippen LogP contribution is 2.15. The van der Waals surface area contributed by atoms with E-state index in [4.69, 9.17) is 9.84 Å². The first-order valence-electron chi connectivity index (χ1n) is 6.25. The number of carboxylic acids is 1. The standard InChI is InChI=1S/C12H18N4O4/c1-12(6-13-7-12)20-5-9(17)15-10(11(18)19)8-3-14-16(2)4-8/h3-4,10,13H,5-7H2,1-2H3,(H,15,17)(H,18,19). The van der Waals surface area contributed by atoms with Gasteiger partial charge in [-0.15, -0.1) is 0 Å². The average Bonchev–Trinajstić information content (AvgIpc) is 2.77. The quantitative estimate of drug-likeness (QED) is 0.620. The lowest BCUT2D eigenvalue weighted by Crippen LogP contribution is -2.59. The lowest BCUT2D eigenvalue weighted by atomic mass is 10.0. The van der Waals surface area contributed by atoms with Crippen molar-refractivity contribution in [3.63, 3.8) is 0 Å². The number of nitrogens with zero attached hydrogens (tertiary/aromatic N) is 2. The third-order valence-corrected chi connectivity index (χ3v) is 3.16. The number of nitrogens with one attached hydrogen (secondary N) is 2. The van der Waals surface area contributed by atoms with Gasteiger partial charge in [0.2, 0.25) is 5.91 Å². The van der Waals surface area contributed by atoms with Crippen LogP contribution in [0.2, 0.25) is 0 Å². The minimum Gasteiger partial charge on any atom is -0.479 e. The number of aromatic nitrogens is 2. The van der Waals surface area contributed by atoms with Crippen molar-refractivity contribution in [2.75, 3.05) is 19.7 Å². The van der Waals surface area contributed by atoms with Crippen molar-refractivity contribution in [1.82, 2.24) is 20.4 Å². The summed E-state index contributed by atoms with van der Waals surface area (Å²) < 4.78 is 6.94. The molecule has 1 aliphatic rings. The van der Waals surface area contributed by atoms with Crippen molar-refractivity contribution >= 4 is 11.9 Å². The van der Waals surface area contributed by atoms with Crippen molar-refractivity contribution in [2.45, 2.75) is 18.6 Å². The molecule has 8 nitrogen and oxygen atoms in total. The fourth-order valence-corrected chi connectivity index (χ4v) is 1.90. The minimum absolute atomic E-state index is 0.164. The van der Waals surface area contributed by atoms with Crippen LogP contribution in [0.1, 0.15) is 18.5 Å². The average molecular weight is 282 g/mol. The van der Waals surface area contributed by atoms with E-state index >= 15 is 0 Å². The molecule has 0 saturated carbocycles. The molecule has 0 aliphatic carbocycles. The van der Waals surface area contributed by atoms with Crippen LogP contribution in [0.3, 0.4) is 0 Å². The maximum absolute atomic E-state index is 11.8. The molecule has 1 saturated heterocycles. The molecule has 1 aromatic rings. The molecule has 1 unspecified atom stereocenters. The van der Waals surface area contributed by atoms with E-state index in [2.05, 4.69) is 15.7 Å². The maximum atomic E-state index is 11.8. The van der Waals surface area contributed by atoms with Crippen LogP contribution in [0.4, 0.5) is 0 Å². The Hall–Kier alpha value is -1.93. The van der Waals surface area contributed by atoms with Gasteiger partial charge in [-0.1, -0.05) is 0 Å². The summed E-state index contributed by atoms with van der Waals surface area (Å²) in [5, 5.41) is 18.5. The zero-order valence-corrected chi connectivity index (χ0v) is 11.4. The molecular formula is C12H18N4O4. The lowest BCUT2D eigenvalue weighted by Gasteiger charge is -2.38. The Bertz CT molecular complexity index is 509. The van der Waals surface area contributed by atoms with Gasteiger partial charge in [0.25, 0.3) is 0 Å². The second-order valence-electron chi connectivity index (χ2n) is 5.13. The molecule has 1 aromatic heterocycles. The first kappa shape index (κ1) is 14.5. The SMILES string of the molecule is Cn1cc(C(NC(=O)COC2(C)CNC2)C(=O)O)cn1. The van der Waals surface area contributed by atoms with Crippen molar-refractivity contribution in [2.24, 2.45) is 7.05 Å². The van der Waals surface area contributed by atoms with E-state index in [0.29, 0.717) is 18.7 Å². The topological polar surface area (TPSA) is 105 Å². The van der Waals surface area contributed by atoms with Crippen molar-refractivity contribution in [1.29, 1.82) is 0 Å². The first-order chi connectivity index (χ1) is 9.39. The van der Waals surface area contributed by atoms with Crippen LogP contribution in [-0.2, 0) is 21.4 Å². The molecule has 110 valence electrons. The zero-order valence-electron chi connectivity index (χ0n) is 11.4. The van der Waals surface area contributed by atoms with Crippen LogP contribution in [0, 0.1) is 0 Å². The first-order valence-corrected chi connectivity index (χ1v) is 6.25. The zero-order chi connectivity index (χ0) is 14.8. The summed E-state index contributed by atoms with van der Waals surface area (Å²) in [6.07, 6.45) is 2.97. The molecule has 0 bridgehead atoms. The molecule has 0 radical (unpaired) electrons. The number of hydrogen-bond donors (Lipinski definition) is 3. The third kappa shape index (κ3) is 3.34. The summed E-state index contributed by atoms with van der Waals surface area (Å²) in [5.41, 5.74) is 0.0783. The molecule has 8 heteroatoms. The summed E-state index contributed by atoms with van der Waals surface area (Å²) in [6, 6.07) is -1.12. The largest absolute Gasteiger partial charge is 0.479 e. The number of amides is 1. The van der Waals surface area contributed by atoms with Crippen LogP contribution in [-0.4, -0.2) is 52.1 Å². The van der Waals surface area contributed by atoms with Crippen LogP contribution < -0.4 is 10.6 Å². The Labute approximate surface area is 116 Å². The number of aryl methyl sites for hydroxylation is 1. The lowest BCUT2D eigenvalue weighted by molar-refractivity contribution is -0.145. The molecule has 2 heterocycles. The summed E-state index contributed by atoms with van der Waals surface area (Å²) in [4.78, 5) is 23.0. The molecule has 0 spiro atoms.